The van der Waals surface area contributed by atoms with Gasteiger partial charge in [-0.15, -0.1) is 0 Å². The molecule has 1 aromatic carbocycles. The second-order valence-electron chi connectivity index (χ2n) is 9.61. The van der Waals surface area contributed by atoms with E-state index in [1.54, 1.807) is 13.8 Å². The summed E-state index contributed by atoms with van der Waals surface area (Å²) in [5, 5.41) is 16.1. The number of aromatic nitrogens is 1. The zero-order valence-corrected chi connectivity index (χ0v) is 20.8. The summed E-state index contributed by atoms with van der Waals surface area (Å²) in [6.07, 6.45) is -0.508. The van der Waals surface area contributed by atoms with E-state index >= 15 is 0 Å². The number of anilines is 1. The SMILES string of the molecule is CC(=C1C(=O)Nc2ccc(F)cc21)c1[nH]c(C)c(C(=O)NCC(O)CN2CC(C)OC(C)C2)c1C. The summed E-state index contributed by atoms with van der Waals surface area (Å²) < 4.78 is 19.6. The summed E-state index contributed by atoms with van der Waals surface area (Å²) in [4.78, 5) is 31.0. The van der Waals surface area contributed by atoms with Crippen LogP contribution in [0, 0.1) is 19.7 Å². The Morgan fingerprint density at radius 1 is 1.29 bits per heavy atom. The van der Waals surface area contributed by atoms with Gasteiger partial charge in [0, 0.05) is 48.8 Å². The highest BCUT2D eigenvalue weighted by Crippen LogP contribution is 2.38. The number of carbonyl (C=O) groups is 2. The van der Waals surface area contributed by atoms with Crippen molar-refractivity contribution in [2.75, 3.05) is 31.5 Å². The van der Waals surface area contributed by atoms with Crippen LogP contribution >= 0.6 is 0 Å². The number of aliphatic hydroxyl groups excluding tert-OH is 1. The number of H-pyrrole nitrogens is 1. The van der Waals surface area contributed by atoms with Crippen LogP contribution in [0.4, 0.5) is 10.1 Å². The molecule has 2 aliphatic rings. The zero-order chi connectivity index (χ0) is 25.4. The summed E-state index contributed by atoms with van der Waals surface area (Å²) in [5.74, 6) is -1.04. The van der Waals surface area contributed by atoms with Crippen molar-refractivity contribution in [1.29, 1.82) is 0 Å². The molecule has 2 amide bonds. The number of carbonyl (C=O) groups excluding carboxylic acids is 2. The van der Waals surface area contributed by atoms with Gasteiger partial charge in [-0.25, -0.2) is 4.39 Å². The van der Waals surface area contributed by atoms with E-state index in [-0.39, 0.29) is 30.6 Å². The lowest BCUT2D eigenvalue weighted by Gasteiger charge is -2.36. The second-order valence-corrected chi connectivity index (χ2v) is 9.61. The van der Waals surface area contributed by atoms with Crippen LogP contribution in [0.2, 0.25) is 0 Å². The predicted octanol–water partition coefficient (Wildman–Crippen LogP) is 2.85. The molecule has 1 fully saturated rings. The first-order valence-electron chi connectivity index (χ1n) is 11.9. The summed E-state index contributed by atoms with van der Waals surface area (Å²) in [6, 6.07) is 4.18. The highest BCUT2D eigenvalue weighted by molar-refractivity contribution is 6.36. The number of allylic oxidation sites excluding steroid dienone is 1. The van der Waals surface area contributed by atoms with Crippen molar-refractivity contribution < 1.29 is 23.8 Å². The van der Waals surface area contributed by atoms with Gasteiger partial charge in [0.15, 0.2) is 0 Å². The number of nitrogens with one attached hydrogen (secondary N) is 3. The van der Waals surface area contributed by atoms with E-state index in [1.807, 2.05) is 20.8 Å². The standard InChI is InChI=1S/C26H33FN4O4/c1-13-10-31(11-14(2)35-13)12-19(32)9-28-25(33)22-15(3)24(29-17(22)5)16(4)23-20-8-18(27)6-7-21(20)30-26(23)34/h6-8,13-14,19,29,32H,9-12H2,1-5H3,(H,28,33)(H,30,34). The van der Waals surface area contributed by atoms with Gasteiger partial charge in [0.2, 0.25) is 0 Å². The molecule has 0 radical (unpaired) electrons. The van der Waals surface area contributed by atoms with Gasteiger partial charge >= 0.3 is 0 Å². The molecule has 3 atom stereocenters. The highest BCUT2D eigenvalue weighted by Gasteiger charge is 2.29. The van der Waals surface area contributed by atoms with Crippen LogP contribution in [0.5, 0.6) is 0 Å². The summed E-state index contributed by atoms with van der Waals surface area (Å²) in [6.45, 7) is 11.4. The molecule has 3 heterocycles. The van der Waals surface area contributed by atoms with Crippen molar-refractivity contribution in [1.82, 2.24) is 15.2 Å². The van der Waals surface area contributed by atoms with Crippen molar-refractivity contribution in [2.45, 2.75) is 52.9 Å². The average Bonchev–Trinajstić information content (AvgIpc) is 3.25. The maximum atomic E-state index is 13.9. The minimum absolute atomic E-state index is 0.104. The Labute approximate surface area is 204 Å². The molecule has 2 aliphatic heterocycles. The Hall–Kier alpha value is -3.01. The maximum Gasteiger partial charge on any atom is 0.256 e. The Morgan fingerprint density at radius 2 is 1.97 bits per heavy atom. The number of hydrogen-bond acceptors (Lipinski definition) is 5. The van der Waals surface area contributed by atoms with E-state index in [0.717, 1.165) is 13.1 Å². The van der Waals surface area contributed by atoms with Gasteiger partial charge in [0.1, 0.15) is 5.82 Å². The Kier molecular flexibility index (Phi) is 7.12. The molecule has 1 aromatic heterocycles. The number of nitrogens with zero attached hydrogens (tertiary/aromatic N) is 1. The van der Waals surface area contributed by atoms with Crippen molar-refractivity contribution >= 4 is 28.6 Å². The Bertz CT molecular complexity index is 1180. The first kappa shape index (κ1) is 25.1. The molecule has 8 nitrogen and oxygen atoms in total. The quantitative estimate of drug-likeness (QED) is 0.472. The van der Waals surface area contributed by atoms with Crippen LogP contribution in [0.1, 0.15) is 53.6 Å². The fourth-order valence-electron chi connectivity index (χ4n) is 5.20. The van der Waals surface area contributed by atoms with Crippen LogP contribution < -0.4 is 10.6 Å². The summed E-state index contributed by atoms with van der Waals surface area (Å²) in [7, 11) is 0. The number of aliphatic hydroxyl groups is 1. The number of halogens is 1. The molecule has 3 unspecified atom stereocenters. The molecule has 0 aliphatic carbocycles. The van der Waals surface area contributed by atoms with Crippen LogP contribution in [0.15, 0.2) is 18.2 Å². The number of aryl methyl sites for hydroxylation is 1. The summed E-state index contributed by atoms with van der Waals surface area (Å²) in [5.41, 5.74) is 4.52. The largest absolute Gasteiger partial charge is 0.390 e. The molecular weight excluding hydrogens is 451 g/mol. The van der Waals surface area contributed by atoms with E-state index < -0.39 is 11.9 Å². The van der Waals surface area contributed by atoms with Gasteiger partial charge < -0.3 is 25.5 Å². The van der Waals surface area contributed by atoms with E-state index in [2.05, 4.69) is 20.5 Å². The molecule has 9 heteroatoms. The minimum atomic E-state index is -0.715. The first-order chi connectivity index (χ1) is 16.5. The maximum absolute atomic E-state index is 13.9. The van der Waals surface area contributed by atoms with Crippen molar-refractivity contribution in [2.24, 2.45) is 0 Å². The van der Waals surface area contributed by atoms with Gasteiger partial charge in [-0.3, -0.25) is 14.5 Å². The summed E-state index contributed by atoms with van der Waals surface area (Å²) >= 11 is 0. The predicted molar refractivity (Wildman–Crippen MR) is 133 cm³/mol. The lowest BCUT2D eigenvalue weighted by atomic mass is 9.97. The van der Waals surface area contributed by atoms with E-state index in [0.29, 0.717) is 51.5 Å². The number of amides is 2. The molecule has 4 rings (SSSR count). The molecule has 4 N–H and O–H groups in total. The van der Waals surface area contributed by atoms with Gasteiger partial charge in [0.25, 0.3) is 11.8 Å². The number of fused-ring (bicyclic) bond motifs is 1. The molecule has 188 valence electrons. The molecular formula is C26H33FN4O4. The fourth-order valence-corrected chi connectivity index (χ4v) is 5.20. The van der Waals surface area contributed by atoms with Gasteiger partial charge in [-0.05, 0) is 64.0 Å². The highest BCUT2D eigenvalue weighted by atomic mass is 19.1. The smallest absolute Gasteiger partial charge is 0.256 e. The monoisotopic (exact) mass is 484 g/mol. The number of ether oxygens (including phenoxy) is 1. The van der Waals surface area contributed by atoms with Crippen LogP contribution in [-0.2, 0) is 9.53 Å². The molecule has 35 heavy (non-hydrogen) atoms. The zero-order valence-electron chi connectivity index (χ0n) is 20.8. The molecule has 1 saturated heterocycles. The fraction of sp³-hybridized carbons (Fsp3) is 0.462. The van der Waals surface area contributed by atoms with Crippen LogP contribution in [-0.4, -0.2) is 71.3 Å². The van der Waals surface area contributed by atoms with Gasteiger partial charge in [-0.1, -0.05) is 0 Å². The van der Waals surface area contributed by atoms with Gasteiger partial charge in [-0.2, -0.15) is 0 Å². The Balaban J connectivity index is 1.49. The molecule has 0 saturated carbocycles. The normalized spacial score (nSPS) is 22.5. The van der Waals surface area contributed by atoms with Crippen molar-refractivity contribution in [3.05, 3.63) is 52.1 Å². The third-order valence-corrected chi connectivity index (χ3v) is 6.60. The minimum Gasteiger partial charge on any atom is -0.390 e. The topological polar surface area (TPSA) is 107 Å². The number of β-amino-alcohol motifs (C(OH)–C–C–N with tert-alkyl or cyclic N) is 1. The molecule has 0 spiro atoms. The number of hydrogen-bond donors (Lipinski definition) is 4. The third kappa shape index (κ3) is 5.17. The number of aromatic amines is 1. The third-order valence-electron chi connectivity index (χ3n) is 6.60. The van der Waals surface area contributed by atoms with Crippen LogP contribution in [0.3, 0.4) is 0 Å². The second kappa shape index (κ2) is 9.93. The first-order valence-corrected chi connectivity index (χ1v) is 11.9. The van der Waals surface area contributed by atoms with E-state index in [9.17, 15) is 19.1 Å². The number of benzene rings is 1. The Morgan fingerprint density at radius 3 is 2.66 bits per heavy atom. The van der Waals surface area contributed by atoms with E-state index in [1.165, 1.54) is 18.2 Å². The van der Waals surface area contributed by atoms with Crippen LogP contribution in [0.25, 0.3) is 11.1 Å². The number of rotatable bonds is 6. The molecule has 0 bridgehead atoms. The molecule has 2 aromatic rings. The number of morpholine rings is 1. The lowest BCUT2D eigenvalue weighted by Crippen LogP contribution is -2.49. The van der Waals surface area contributed by atoms with E-state index in [4.69, 9.17) is 4.74 Å². The average molecular weight is 485 g/mol. The lowest BCUT2D eigenvalue weighted by molar-refractivity contribution is -0.110. The van der Waals surface area contributed by atoms with Crippen molar-refractivity contribution in [3.8, 4) is 0 Å². The van der Waals surface area contributed by atoms with Gasteiger partial charge in [0.05, 0.1) is 29.4 Å². The van der Waals surface area contributed by atoms with Crippen molar-refractivity contribution in [3.63, 3.8) is 0 Å².